The molecule has 0 aliphatic heterocycles. The number of hydrogen-bond acceptors (Lipinski definition) is 9. The summed E-state index contributed by atoms with van der Waals surface area (Å²) in [4.78, 5) is 36.8. The van der Waals surface area contributed by atoms with E-state index in [0.717, 1.165) is 41.8 Å². The third kappa shape index (κ3) is 4.90. The fourth-order valence-electron chi connectivity index (χ4n) is 4.43. The van der Waals surface area contributed by atoms with Gasteiger partial charge >= 0.3 is 0 Å². The summed E-state index contributed by atoms with van der Waals surface area (Å²) < 4.78 is 25.8. The van der Waals surface area contributed by atoms with Gasteiger partial charge in [0.1, 0.15) is 11.8 Å². The number of anilines is 1. The highest BCUT2D eigenvalue weighted by atomic mass is 32.2. The molecule has 10 nitrogen and oxygen atoms in total. The number of sulfone groups is 1. The van der Waals surface area contributed by atoms with Crippen LogP contribution in [0.3, 0.4) is 0 Å². The van der Waals surface area contributed by atoms with Crippen molar-refractivity contribution < 1.29 is 8.42 Å². The molecule has 1 unspecified atom stereocenters. The zero-order valence-electron chi connectivity index (χ0n) is 22.0. The first-order valence-electron chi connectivity index (χ1n) is 12.9. The molecule has 3 heterocycles. The van der Waals surface area contributed by atoms with Gasteiger partial charge in [-0.25, -0.2) is 33.3 Å². The topological polar surface area (TPSA) is 133 Å². The molecular formula is C27H31N7O3S. The van der Waals surface area contributed by atoms with Crippen molar-refractivity contribution in [2.45, 2.75) is 70.4 Å². The quantitative estimate of drug-likeness (QED) is 0.336. The summed E-state index contributed by atoms with van der Waals surface area (Å²) in [5.74, 6) is 1.13. The Morgan fingerprint density at radius 2 is 1.82 bits per heavy atom. The summed E-state index contributed by atoms with van der Waals surface area (Å²) in [5.41, 5.74) is 4.12. The van der Waals surface area contributed by atoms with Crippen molar-refractivity contribution in [3.63, 3.8) is 0 Å². The molecule has 0 spiro atoms. The minimum absolute atomic E-state index is 0.0449. The Kier molecular flexibility index (Phi) is 6.95. The summed E-state index contributed by atoms with van der Waals surface area (Å²) in [6, 6.07) is 6.52. The molecule has 11 heteroatoms. The molecule has 5 rings (SSSR count). The van der Waals surface area contributed by atoms with Gasteiger partial charge in [0.2, 0.25) is 0 Å². The zero-order chi connectivity index (χ0) is 27.0. The normalized spacial score (nSPS) is 14.5. The van der Waals surface area contributed by atoms with Gasteiger partial charge in [-0.3, -0.25) is 9.36 Å². The van der Waals surface area contributed by atoms with Crippen LogP contribution in [0.15, 0.2) is 46.5 Å². The predicted molar refractivity (Wildman–Crippen MR) is 146 cm³/mol. The maximum Gasteiger partial charge on any atom is 0.295 e. The van der Waals surface area contributed by atoms with Crippen LogP contribution in [-0.4, -0.2) is 43.7 Å². The smallest absolute Gasteiger partial charge is 0.295 e. The predicted octanol–water partition coefficient (Wildman–Crippen LogP) is 4.21. The number of benzene rings is 1. The molecule has 0 bridgehead atoms. The molecule has 4 aromatic rings. The highest BCUT2D eigenvalue weighted by molar-refractivity contribution is 7.91. The molecule has 0 saturated heterocycles. The maximum atomic E-state index is 13.6. The number of aromatic nitrogens is 6. The minimum Gasteiger partial charge on any atom is -0.361 e. The van der Waals surface area contributed by atoms with Crippen LogP contribution in [0.25, 0.3) is 22.6 Å². The van der Waals surface area contributed by atoms with Gasteiger partial charge in [-0.15, -0.1) is 0 Å². The van der Waals surface area contributed by atoms with Crippen LogP contribution in [0.4, 0.5) is 5.82 Å². The third-order valence-electron chi connectivity index (χ3n) is 7.04. The van der Waals surface area contributed by atoms with E-state index in [0.29, 0.717) is 29.5 Å². The fourth-order valence-corrected chi connectivity index (χ4v) is 5.31. The van der Waals surface area contributed by atoms with E-state index < -0.39 is 9.84 Å². The molecule has 1 aliphatic carbocycles. The highest BCUT2D eigenvalue weighted by Gasteiger charge is 2.30. The van der Waals surface area contributed by atoms with Crippen LogP contribution in [0, 0.1) is 6.92 Å². The standard InChI is InChI=1S/C27H31N7O3S/c1-5-16(3)34-26-21(14-29-24(33-26)22-17(4)30-15-31-23(22)19-9-10-19)32-25(27(34)35)28-13-18-7-11-20(12-8-18)38(36,37)6-2/h7-8,11-12,14-16,19H,5-6,9-10,13H2,1-4H3,(H,28,32). The molecule has 198 valence electrons. The van der Waals surface area contributed by atoms with Gasteiger partial charge in [0.25, 0.3) is 5.56 Å². The van der Waals surface area contributed by atoms with Crippen molar-refractivity contribution in [3.05, 3.63) is 64.1 Å². The summed E-state index contributed by atoms with van der Waals surface area (Å²) in [6.07, 6.45) is 6.13. The fraction of sp³-hybridized carbons (Fsp3) is 0.407. The van der Waals surface area contributed by atoms with E-state index in [9.17, 15) is 13.2 Å². The van der Waals surface area contributed by atoms with Crippen molar-refractivity contribution in [3.8, 4) is 11.4 Å². The molecule has 1 aromatic carbocycles. The van der Waals surface area contributed by atoms with Crippen molar-refractivity contribution >= 4 is 26.8 Å². The Labute approximate surface area is 221 Å². The van der Waals surface area contributed by atoms with E-state index in [1.54, 1.807) is 48.3 Å². The summed E-state index contributed by atoms with van der Waals surface area (Å²) in [6.45, 7) is 7.85. The van der Waals surface area contributed by atoms with Crippen LogP contribution in [0.5, 0.6) is 0 Å². The van der Waals surface area contributed by atoms with Gasteiger partial charge in [-0.2, -0.15) is 0 Å². The van der Waals surface area contributed by atoms with Crippen LogP contribution < -0.4 is 10.9 Å². The van der Waals surface area contributed by atoms with Crippen LogP contribution >= 0.6 is 0 Å². The third-order valence-corrected chi connectivity index (χ3v) is 8.79. The van der Waals surface area contributed by atoms with Gasteiger partial charge < -0.3 is 5.32 Å². The van der Waals surface area contributed by atoms with Gasteiger partial charge in [0.05, 0.1) is 33.8 Å². The number of rotatable bonds is 9. The lowest BCUT2D eigenvalue weighted by molar-refractivity contribution is 0.526. The van der Waals surface area contributed by atoms with E-state index in [1.807, 2.05) is 20.8 Å². The second-order valence-electron chi connectivity index (χ2n) is 9.69. The largest absolute Gasteiger partial charge is 0.361 e. The summed E-state index contributed by atoms with van der Waals surface area (Å²) >= 11 is 0. The van der Waals surface area contributed by atoms with E-state index in [1.165, 1.54) is 0 Å². The SMILES string of the molecule is CCC(C)n1c(=O)c(NCc2ccc(S(=O)(=O)CC)cc2)nc2cnc(-c3c(C)ncnc3C3CC3)nc21. The Morgan fingerprint density at radius 3 is 2.47 bits per heavy atom. The monoisotopic (exact) mass is 533 g/mol. The lowest BCUT2D eigenvalue weighted by atomic mass is 10.1. The first-order chi connectivity index (χ1) is 18.2. The second kappa shape index (κ2) is 10.2. The van der Waals surface area contributed by atoms with E-state index >= 15 is 0 Å². The van der Waals surface area contributed by atoms with Crippen molar-refractivity contribution in [1.82, 2.24) is 29.5 Å². The molecule has 0 amide bonds. The molecule has 3 aromatic heterocycles. The Morgan fingerprint density at radius 1 is 1.08 bits per heavy atom. The second-order valence-corrected chi connectivity index (χ2v) is 12.0. The Hall–Kier alpha value is -3.73. The number of hydrogen-bond donors (Lipinski definition) is 1. The van der Waals surface area contributed by atoms with Crippen molar-refractivity contribution in [2.75, 3.05) is 11.1 Å². The first kappa shape index (κ1) is 25.9. The molecule has 0 radical (unpaired) electrons. The lowest BCUT2D eigenvalue weighted by Gasteiger charge is -2.18. The number of aryl methyl sites for hydroxylation is 1. The minimum atomic E-state index is -3.27. The summed E-state index contributed by atoms with van der Waals surface area (Å²) in [5, 5.41) is 3.13. The number of fused-ring (bicyclic) bond motifs is 1. The summed E-state index contributed by atoms with van der Waals surface area (Å²) in [7, 11) is -3.27. The van der Waals surface area contributed by atoms with Crippen LogP contribution in [0.1, 0.15) is 68.9 Å². The van der Waals surface area contributed by atoms with E-state index in [-0.39, 0.29) is 28.1 Å². The molecule has 1 saturated carbocycles. The molecule has 38 heavy (non-hydrogen) atoms. The van der Waals surface area contributed by atoms with Gasteiger partial charge in [0, 0.05) is 18.5 Å². The zero-order valence-corrected chi connectivity index (χ0v) is 22.8. The van der Waals surface area contributed by atoms with Gasteiger partial charge in [-0.1, -0.05) is 26.0 Å². The molecule has 1 aliphatic rings. The number of nitrogens with one attached hydrogen (secondary N) is 1. The Bertz CT molecular complexity index is 1660. The average Bonchev–Trinajstić information content (AvgIpc) is 3.77. The van der Waals surface area contributed by atoms with Crippen LogP contribution in [-0.2, 0) is 16.4 Å². The molecular weight excluding hydrogens is 502 g/mol. The first-order valence-corrected chi connectivity index (χ1v) is 14.5. The maximum absolute atomic E-state index is 13.6. The van der Waals surface area contributed by atoms with Gasteiger partial charge in [0.15, 0.2) is 27.1 Å². The van der Waals surface area contributed by atoms with Gasteiger partial charge in [-0.05, 0) is 50.8 Å². The van der Waals surface area contributed by atoms with E-state index in [4.69, 9.17) is 4.98 Å². The van der Waals surface area contributed by atoms with E-state index in [2.05, 4.69) is 25.3 Å². The Balaban J connectivity index is 1.53. The highest BCUT2D eigenvalue weighted by Crippen LogP contribution is 2.43. The van der Waals surface area contributed by atoms with Crippen molar-refractivity contribution in [1.29, 1.82) is 0 Å². The molecule has 1 fully saturated rings. The molecule has 1 N–H and O–H groups in total. The average molecular weight is 534 g/mol. The molecule has 1 atom stereocenters. The number of nitrogens with zero attached hydrogens (tertiary/aromatic N) is 6. The van der Waals surface area contributed by atoms with Crippen LogP contribution in [0.2, 0.25) is 0 Å². The lowest BCUT2D eigenvalue weighted by Crippen LogP contribution is -2.28. The van der Waals surface area contributed by atoms with Crippen molar-refractivity contribution in [2.24, 2.45) is 0 Å².